The molecule has 2 aromatic carbocycles. The first-order chi connectivity index (χ1) is 14.9. The molecule has 0 aliphatic heterocycles. The van der Waals surface area contributed by atoms with E-state index in [0.29, 0.717) is 17.0 Å². The van der Waals surface area contributed by atoms with Crippen LogP contribution in [0.15, 0.2) is 58.8 Å². The van der Waals surface area contributed by atoms with Gasteiger partial charge in [0.1, 0.15) is 16.0 Å². The number of halogens is 1. The summed E-state index contributed by atoms with van der Waals surface area (Å²) in [5.74, 6) is -0.518. The van der Waals surface area contributed by atoms with Crippen molar-refractivity contribution in [1.29, 1.82) is 5.26 Å². The van der Waals surface area contributed by atoms with Gasteiger partial charge in [-0.2, -0.15) is 5.26 Å². The van der Waals surface area contributed by atoms with E-state index >= 15 is 0 Å². The zero-order valence-electron chi connectivity index (χ0n) is 16.3. The fourth-order valence-electron chi connectivity index (χ4n) is 3.65. The molecule has 0 saturated carbocycles. The number of nitrogens with zero attached hydrogens (tertiary/aromatic N) is 1. The smallest absolute Gasteiger partial charge is 0.256 e. The van der Waals surface area contributed by atoms with Crippen LogP contribution in [-0.4, -0.2) is 14.3 Å². The van der Waals surface area contributed by atoms with Crippen LogP contribution in [0.3, 0.4) is 0 Å². The highest BCUT2D eigenvalue weighted by molar-refractivity contribution is 7.89. The molecule has 2 N–H and O–H groups in total. The van der Waals surface area contributed by atoms with Gasteiger partial charge in [-0.15, -0.1) is 11.3 Å². The first-order valence-corrected chi connectivity index (χ1v) is 12.3. The van der Waals surface area contributed by atoms with E-state index in [0.717, 1.165) is 24.0 Å². The van der Waals surface area contributed by atoms with Crippen molar-refractivity contribution < 1.29 is 13.2 Å². The number of sulfonamides is 1. The predicted octanol–water partition coefficient (Wildman–Crippen LogP) is 4.88. The summed E-state index contributed by atoms with van der Waals surface area (Å²) in [6, 6.07) is 15.1. The van der Waals surface area contributed by atoms with Gasteiger partial charge in [0.2, 0.25) is 10.0 Å². The number of benzene rings is 2. The molecule has 1 aromatic heterocycles. The molecule has 0 radical (unpaired) electrons. The lowest BCUT2D eigenvalue weighted by Crippen LogP contribution is -2.31. The molecule has 1 atom stereocenters. The summed E-state index contributed by atoms with van der Waals surface area (Å²) in [6.07, 6.45) is 2.48. The third-order valence-corrected chi connectivity index (χ3v) is 7.95. The summed E-state index contributed by atoms with van der Waals surface area (Å²) >= 11 is 7.42. The second-order valence-corrected chi connectivity index (χ2v) is 10.1. The van der Waals surface area contributed by atoms with E-state index in [1.165, 1.54) is 29.5 Å². The van der Waals surface area contributed by atoms with E-state index in [2.05, 4.69) is 10.0 Å². The number of anilines is 1. The standard InChI is InChI=1S/C22H18ClN3O3S2/c23-18-9-8-15(21(27)25-22-16(13-24)10-11-30-22)12-20(18)31(28,29)26-19-7-3-5-14-4-1-2-6-17(14)19/h1-2,4,6,8-12,19,26H,3,5,7H2,(H,25,27)/t19-/m0/s1. The van der Waals surface area contributed by atoms with Crippen LogP contribution in [0.2, 0.25) is 5.02 Å². The van der Waals surface area contributed by atoms with Crippen molar-refractivity contribution >= 4 is 43.9 Å². The van der Waals surface area contributed by atoms with E-state index in [1.54, 1.807) is 11.4 Å². The van der Waals surface area contributed by atoms with Crippen LogP contribution in [0.5, 0.6) is 0 Å². The molecule has 1 amide bonds. The fraction of sp³-hybridized carbons (Fsp3) is 0.182. The summed E-state index contributed by atoms with van der Waals surface area (Å²) in [4.78, 5) is 12.5. The number of aryl methyl sites for hydroxylation is 1. The van der Waals surface area contributed by atoms with Gasteiger partial charge in [0, 0.05) is 11.6 Å². The maximum Gasteiger partial charge on any atom is 0.256 e. The molecule has 1 aliphatic rings. The summed E-state index contributed by atoms with van der Waals surface area (Å²) < 4.78 is 29.1. The number of hydrogen-bond donors (Lipinski definition) is 2. The Kier molecular flexibility index (Phi) is 6.12. The number of rotatable bonds is 5. The Hall–Kier alpha value is -2.70. The molecule has 0 unspecified atom stereocenters. The van der Waals surface area contributed by atoms with E-state index < -0.39 is 15.9 Å². The molecule has 0 fully saturated rings. The molecule has 1 aliphatic carbocycles. The Labute approximate surface area is 189 Å². The lowest BCUT2D eigenvalue weighted by atomic mass is 9.88. The molecule has 0 bridgehead atoms. The second kappa shape index (κ2) is 8.81. The molecular formula is C22H18ClN3O3S2. The highest BCUT2D eigenvalue weighted by Crippen LogP contribution is 2.32. The molecule has 1 heterocycles. The number of nitriles is 1. The lowest BCUT2D eigenvalue weighted by Gasteiger charge is -2.26. The average Bonchev–Trinajstić information content (AvgIpc) is 3.21. The number of amides is 1. The topological polar surface area (TPSA) is 99.1 Å². The predicted molar refractivity (Wildman–Crippen MR) is 121 cm³/mol. The molecule has 31 heavy (non-hydrogen) atoms. The Morgan fingerprint density at radius 2 is 2.00 bits per heavy atom. The minimum Gasteiger partial charge on any atom is -0.312 e. The van der Waals surface area contributed by atoms with Crippen molar-refractivity contribution in [3.05, 3.63) is 81.2 Å². The van der Waals surface area contributed by atoms with Gasteiger partial charge in [0.15, 0.2) is 0 Å². The van der Waals surface area contributed by atoms with Crippen molar-refractivity contribution in [3.63, 3.8) is 0 Å². The van der Waals surface area contributed by atoms with Crippen molar-refractivity contribution in [2.45, 2.75) is 30.2 Å². The number of carbonyl (C=O) groups is 1. The average molecular weight is 472 g/mol. The fourth-order valence-corrected chi connectivity index (χ4v) is 6.16. The molecule has 3 aromatic rings. The van der Waals surface area contributed by atoms with Gasteiger partial charge in [-0.3, -0.25) is 4.79 Å². The van der Waals surface area contributed by atoms with Crippen LogP contribution >= 0.6 is 22.9 Å². The van der Waals surface area contributed by atoms with Gasteiger partial charge in [0.05, 0.1) is 10.6 Å². The highest BCUT2D eigenvalue weighted by Gasteiger charge is 2.27. The van der Waals surface area contributed by atoms with Gasteiger partial charge < -0.3 is 5.32 Å². The Bertz CT molecular complexity index is 1300. The van der Waals surface area contributed by atoms with Crippen LogP contribution < -0.4 is 10.0 Å². The van der Waals surface area contributed by atoms with E-state index in [9.17, 15) is 13.2 Å². The quantitative estimate of drug-likeness (QED) is 0.553. The van der Waals surface area contributed by atoms with Crippen molar-refractivity contribution in [3.8, 4) is 6.07 Å². The summed E-state index contributed by atoms with van der Waals surface area (Å²) in [5, 5.41) is 13.9. The van der Waals surface area contributed by atoms with E-state index in [-0.39, 0.29) is 21.5 Å². The van der Waals surface area contributed by atoms with Crippen LogP contribution in [0.1, 0.15) is 45.9 Å². The zero-order valence-corrected chi connectivity index (χ0v) is 18.7. The highest BCUT2D eigenvalue weighted by atomic mass is 35.5. The number of fused-ring (bicyclic) bond motifs is 1. The van der Waals surface area contributed by atoms with E-state index in [1.807, 2.05) is 30.3 Å². The summed E-state index contributed by atoms with van der Waals surface area (Å²) in [6.45, 7) is 0. The van der Waals surface area contributed by atoms with Gasteiger partial charge in [-0.05, 0) is 60.0 Å². The Balaban J connectivity index is 1.61. The minimum atomic E-state index is -3.98. The molecular weight excluding hydrogens is 454 g/mol. The third-order valence-electron chi connectivity index (χ3n) is 5.16. The van der Waals surface area contributed by atoms with Crippen LogP contribution in [0, 0.1) is 11.3 Å². The lowest BCUT2D eigenvalue weighted by molar-refractivity contribution is 0.102. The maximum absolute atomic E-state index is 13.2. The Morgan fingerprint density at radius 1 is 1.19 bits per heavy atom. The normalized spacial score (nSPS) is 15.7. The number of carbonyl (C=O) groups excluding carboxylic acids is 1. The Morgan fingerprint density at radius 3 is 2.81 bits per heavy atom. The van der Waals surface area contributed by atoms with Crippen molar-refractivity contribution in [2.24, 2.45) is 0 Å². The maximum atomic E-state index is 13.2. The molecule has 0 saturated heterocycles. The van der Waals surface area contributed by atoms with Crippen LogP contribution in [-0.2, 0) is 16.4 Å². The SMILES string of the molecule is N#Cc1ccsc1NC(=O)c1ccc(Cl)c(S(=O)(=O)N[C@H]2CCCc3ccccc32)c1. The second-order valence-electron chi connectivity index (χ2n) is 7.14. The largest absolute Gasteiger partial charge is 0.312 e. The number of nitrogens with one attached hydrogen (secondary N) is 2. The van der Waals surface area contributed by atoms with Gasteiger partial charge >= 0.3 is 0 Å². The van der Waals surface area contributed by atoms with Gasteiger partial charge in [-0.1, -0.05) is 35.9 Å². The molecule has 4 rings (SSSR count). The molecule has 6 nitrogen and oxygen atoms in total. The first kappa shape index (κ1) is 21.5. The van der Waals surface area contributed by atoms with Crippen LogP contribution in [0.4, 0.5) is 5.00 Å². The minimum absolute atomic E-state index is 0.0296. The van der Waals surface area contributed by atoms with Crippen molar-refractivity contribution in [2.75, 3.05) is 5.32 Å². The molecule has 158 valence electrons. The molecule has 9 heteroatoms. The van der Waals surface area contributed by atoms with Crippen molar-refractivity contribution in [1.82, 2.24) is 4.72 Å². The first-order valence-electron chi connectivity index (χ1n) is 9.57. The number of thiophene rings is 1. The van der Waals surface area contributed by atoms with E-state index in [4.69, 9.17) is 16.9 Å². The van der Waals surface area contributed by atoms with Gasteiger partial charge in [-0.25, -0.2) is 13.1 Å². The summed E-state index contributed by atoms with van der Waals surface area (Å²) in [5.41, 5.74) is 2.57. The monoisotopic (exact) mass is 471 g/mol. The zero-order chi connectivity index (χ0) is 22.0. The molecule has 0 spiro atoms. The van der Waals surface area contributed by atoms with Gasteiger partial charge in [0.25, 0.3) is 5.91 Å². The third kappa shape index (κ3) is 4.50. The van der Waals surface area contributed by atoms with Crippen LogP contribution in [0.25, 0.3) is 0 Å². The summed E-state index contributed by atoms with van der Waals surface area (Å²) in [7, 11) is -3.98. The number of hydrogen-bond acceptors (Lipinski definition) is 5.